The topological polar surface area (TPSA) is 641 Å². The van der Waals surface area contributed by atoms with Gasteiger partial charge in [0.15, 0.2) is 44.0 Å². The summed E-state index contributed by atoms with van der Waals surface area (Å²) in [4.78, 5) is 36.2. The van der Waals surface area contributed by atoms with Gasteiger partial charge in [-0.25, -0.2) is 0 Å². The molecule has 0 aromatic heterocycles. The Balaban J connectivity index is 1.02. The number of rotatable bonds is 27. The van der Waals surface area contributed by atoms with Crippen molar-refractivity contribution in [2.45, 2.75) is 235 Å². The van der Waals surface area contributed by atoms with E-state index in [4.69, 9.17) is 66.3 Å². The monoisotopic (exact) mass is 1340 g/mol. The summed E-state index contributed by atoms with van der Waals surface area (Å²) in [5.41, 5.74) is 0. The van der Waals surface area contributed by atoms with E-state index in [2.05, 4.69) is 16.0 Å². The van der Waals surface area contributed by atoms with Crippen LogP contribution in [0.25, 0.3) is 0 Å². The van der Waals surface area contributed by atoms with Crippen LogP contribution in [0.2, 0.25) is 0 Å². The summed E-state index contributed by atoms with van der Waals surface area (Å²) in [5.74, 6) is -1.73. The number of hydrogen-bond donors (Lipinski definition) is 24. The maximum Gasteiger partial charge on any atom is 0.217 e. The summed E-state index contributed by atoms with van der Waals surface area (Å²) < 4.78 is 80.1. The van der Waals surface area contributed by atoms with Crippen LogP contribution in [0.3, 0.4) is 0 Å². The second kappa shape index (κ2) is 33.8. The molecule has 0 spiro atoms. The van der Waals surface area contributed by atoms with Crippen molar-refractivity contribution < 1.29 is 188 Å². The fourth-order valence-corrected chi connectivity index (χ4v) is 11.3. The maximum absolute atomic E-state index is 12.7. The van der Waals surface area contributed by atoms with Gasteiger partial charge in [0, 0.05) is 13.8 Å². The van der Waals surface area contributed by atoms with E-state index in [1.165, 1.54) is 0 Å². The first-order valence-electron chi connectivity index (χ1n) is 28.8. The van der Waals surface area contributed by atoms with Crippen LogP contribution in [0.5, 0.6) is 0 Å². The average Bonchev–Trinajstić information content (AvgIpc) is 0.885. The Hall–Kier alpha value is -2.99. The lowest BCUT2D eigenvalue weighted by Crippen LogP contribution is -2.70. The Morgan fingerprint density at radius 1 is 0.363 bits per heavy atom. The average molecular weight is 1340 g/mol. The minimum Gasteiger partial charge on any atom is -0.394 e. The number of aliphatic hydroxyl groups excluding tert-OH is 21. The number of carbonyl (C=O) groups excluding carboxylic acids is 3. The van der Waals surface area contributed by atoms with Crippen LogP contribution in [0, 0.1) is 0 Å². The molecule has 7 saturated heterocycles. The van der Waals surface area contributed by atoms with E-state index < -0.39 is 292 Å². The van der Waals surface area contributed by atoms with Crippen LogP contribution in [-0.4, -0.2) is 406 Å². The highest BCUT2D eigenvalue weighted by atomic mass is 16.8. The van der Waals surface area contributed by atoms with Crippen molar-refractivity contribution in [3.05, 3.63) is 0 Å². The number of nitrogens with one attached hydrogen (secondary N) is 3. The van der Waals surface area contributed by atoms with E-state index in [9.17, 15) is 122 Å². The minimum atomic E-state index is -2.21. The van der Waals surface area contributed by atoms with Gasteiger partial charge in [-0.2, -0.15) is 0 Å². The Kier molecular flexibility index (Phi) is 28.0. The third-order valence-corrected chi connectivity index (χ3v) is 16.3. The molecule has 7 aliphatic heterocycles. The van der Waals surface area contributed by atoms with Crippen molar-refractivity contribution in [3.8, 4) is 0 Å². The van der Waals surface area contributed by atoms with Crippen LogP contribution < -0.4 is 16.0 Å². The second-order valence-corrected chi connectivity index (χ2v) is 22.6. The van der Waals surface area contributed by atoms with Gasteiger partial charge in [-0.05, 0) is 0 Å². The zero-order valence-electron chi connectivity index (χ0n) is 48.6. The number of aliphatic hydroxyl groups is 21. The third kappa shape index (κ3) is 17.1. The molecule has 7 aliphatic rings. The van der Waals surface area contributed by atoms with Gasteiger partial charge in [0.05, 0.1) is 65.5 Å². The summed E-state index contributed by atoms with van der Waals surface area (Å²) in [6, 6.07) is -4.53. The molecule has 91 heavy (non-hydrogen) atoms. The van der Waals surface area contributed by atoms with E-state index in [1.54, 1.807) is 0 Å². The van der Waals surface area contributed by atoms with Crippen molar-refractivity contribution in [1.82, 2.24) is 16.0 Å². The highest BCUT2D eigenvalue weighted by molar-refractivity contribution is 5.73. The van der Waals surface area contributed by atoms with Crippen LogP contribution >= 0.6 is 0 Å². The van der Waals surface area contributed by atoms with E-state index in [-0.39, 0.29) is 6.41 Å². The highest BCUT2D eigenvalue weighted by Gasteiger charge is 2.58. The number of amides is 3. The molecule has 36 atom stereocenters. The molecule has 7 fully saturated rings. The van der Waals surface area contributed by atoms with Gasteiger partial charge < -0.3 is 190 Å². The van der Waals surface area contributed by atoms with Gasteiger partial charge >= 0.3 is 0 Å². The first-order chi connectivity index (χ1) is 43.2. The summed E-state index contributed by atoms with van der Waals surface area (Å²) in [7, 11) is 0. The molecule has 7 heterocycles. The van der Waals surface area contributed by atoms with Gasteiger partial charge in [0.1, 0.15) is 171 Å². The summed E-state index contributed by atoms with van der Waals surface area (Å²) in [6.07, 6.45) is -63.3. The van der Waals surface area contributed by atoms with E-state index in [0.717, 1.165) is 13.8 Å². The number of ether oxygens (including phenoxy) is 14. The molecule has 24 N–H and O–H groups in total. The first kappa shape index (κ1) is 75.4. The SMILES string of the molecule is CC(=O)N[C@H]1[C@H](O[C@H]2[C@@H](O)[C@@H](CO)O[C@@H](O[C@H]3[C@H](O)[C@@H](O)[C@H](OC[C@@H](CO)NC=O)O[C@@H]3CO)[C@@H]2O)O[C@H](CO)[C@@H](O[C@@H]2O[C@H](CO[C@@H]3O[C@H](CO)[C@@H](O[C@@H]4O[C@H](CO)[C@H](O)[C@H](O[C@H]5O[C@H](CO)[C@H](O)[C@H](O)[C@H]5O)[C@H]4O)[C@H](O)[C@H]3NC(C)=O)[C@H](O)[C@H](O)[C@H]2O)[C@@H]1O. The zero-order valence-corrected chi connectivity index (χ0v) is 48.6. The summed E-state index contributed by atoms with van der Waals surface area (Å²) in [5, 5.41) is 234. The smallest absolute Gasteiger partial charge is 0.217 e. The fourth-order valence-electron chi connectivity index (χ4n) is 11.3. The van der Waals surface area contributed by atoms with Crippen molar-refractivity contribution in [1.29, 1.82) is 0 Å². The van der Waals surface area contributed by atoms with Gasteiger partial charge in [0.2, 0.25) is 18.2 Å². The largest absolute Gasteiger partial charge is 0.394 e. The highest BCUT2D eigenvalue weighted by Crippen LogP contribution is 2.37. The van der Waals surface area contributed by atoms with E-state index >= 15 is 0 Å². The molecule has 0 unspecified atom stereocenters. The van der Waals surface area contributed by atoms with Crippen molar-refractivity contribution in [3.63, 3.8) is 0 Å². The van der Waals surface area contributed by atoms with Crippen LogP contribution in [0.4, 0.5) is 0 Å². The van der Waals surface area contributed by atoms with Gasteiger partial charge in [0.25, 0.3) is 0 Å². The third-order valence-electron chi connectivity index (χ3n) is 16.3. The number of carbonyl (C=O) groups is 3. The lowest BCUT2D eigenvalue weighted by molar-refractivity contribution is -0.383. The fraction of sp³-hybridized carbons (Fsp3) is 0.940. The Morgan fingerprint density at radius 3 is 1.11 bits per heavy atom. The molecule has 7 rings (SSSR count). The predicted octanol–water partition coefficient (Wildman–Crippen LogP) is -16.9. The molecule has 0 radical (unpaired) electrons. The van der Waals surface area contributed by atoms with Gasteiger partial charge in [-0.3, -0.25) is 14.4 Å². The van der Waals surface area contributed by atoms with Crippen LogP contribution in [0.15, 0.2) is 0 Å². The van der Waals surface area contributed by atoms with E-state index in [0.29, 0.717) is 0 Å². The molecule has 0 bridgehead atoms. The molecule has 0 saturated carbocycles. The first-order valence-corrected chi connectivity index (χ1v) is 28.8. The van der Waals surface area contributed by atoms with Crippen molar-refractivity contribution in [2.75, 3.05) is 59.5 Å². The summed E-state index contributed by atoms with van der Waals surface area (Å²) in [6.45, 7) is -5.93. The molecular weight excluding hydrogens is 1250 g/mol. The molecule has 41 heteroatoms. The van der Waals surface area contributed by atoms with Crippen LogP contribution in [-0.2, 0) is 80.7 Å². The summed E-state index contributed by atoms with van der Waals surface area (Å²) >= 11 is 0. The number of hydrogen-bond acceptors (Lipinski definition) is 38. The van der Waals surface area contributed by atoms with Gasteiger partial charge in [-0.15, -0.1) is 0 Å². The Morgan fingerprint density at radius 2 is 0.692 bits per heavy atom. The molecule has 3 amide bonds. The van der Waals surface area contributed by atoms with Crippen molar-refractivity contribution in [2.24, 2.45) is 0 Å². The lowest BCUT2D eigenvalue weighted by atomic mass is 9.94. The van der Waals surface area contributed by atoms with E-state index in [1.807, 2.05) is 0 Å². The maximum atomic E-state index is 12.7. The van der Waals surface area contributed by atoms with Crippen molar-refractivity contribution >= 4 is 18.2 Å². The molecule has 0 aliphatic carbocycles. The zero-order chi connectivity index (χ0) is 67.0. The van der Waals surface area contributed by atoms with Gasteiger partial charge in [-0.1, -0.05) is 0 Å². The Bertz CT molecular complexity index is 2240. The van der Waals surface area contributed by atoms with Crippen LogP contribution in [0.1, 0.15) is 13.8 Å². The normalized spacial score (nSPS) is 47.7. The quantitative estimate of drug-likeness (QED) is 0.0340. The minimum absolute atomic E-state index is 0.269. The molecule has 41 nitrogen and oxygen atoms in total. The standard InChI is InChI=1S/C50H85N3O38/c1-13(62)52-23-29(68)39(88-49-38(77)43(28(67)18(6-57)81-49)91-47-34(73)31(70)25(64)16(4-55)80-47)19(7-58)83-44(23)79-11-22-26(65)32(71)35(74)48(86-22)87-40-20(8-59)84-45(24(30(40)69)53-14(2)63)90-42-27(66)17(5-56)82-50(37(42)76)89-41-21(9-60)85-46(36(75)33(41)72)78-10-15(3-54)51-12-61/h12,15-50,54-60,64-77H,3-11H2,1-2H3,(H,51,61)(H,52,62)(H,53,63)/t15-,16-,17-,18-,19-,20-,21-,22-,23-,24-,25+,26+,27+,28+,29-,30-,31+,32+,33-,34-,35-,36-,37-,38-,39-,40-,41-,42+,43+,44-,45+,46-,47-,48+,49+,50+/m1/s1. The molecule has 0 aromatic rings. The molecule has 528 valence electrons. The predicted molar refractivity (Wildman–Crippen MR) is 279 cm³/mol. The molecule has 0 aromatic carbocycles. The molecular formula is C50H85N3O38. The Labute approximate surface area is 515 Å². The second-order valence-electron chi connectivity index (χ2n) is 22.6. The lowest BCUT2D eigenvalue weighted by Gasteiger charge is -2.50.